The molecule has 2 heterocycles. The second-order valence-electron chi connectivity index (χ2n) is 7.57. The largest absolute Gasteiger partial charge is 0.478 e. The fraction of sp³-hybridized carbons (Fsp3) is 0.318. The quantitative estimate of drug-likeness (QED) is 0.577. The van der Waals surface area contributed by atoms with Crippen LogP contribution in [0.4, 0.5) is 24.8 Å². The molecule has 0 saturated carbocycles. The number of nitrogens with zero attached hydrogens (tertiary/aromatic N) is 3. The Hall–Kier alpha value is -3.60. The first-order valence-corrected chi connectivity index (χ1v) is 10.2. The molecule has 3 aromatic rings. The second-order valence-corrected chi connectivity index (χ2v) is 7.57. The van der Waals surface area contributed by atoms with Crippen molar-refractivity contribution in [2.45, 2.75) is 19.5 Å². The van der Waals surface area contributed by atoms with Gasteiger partial charge in [-0.15, -0.1) is 0 Å². The number of hydrogen-bond acceptors (Lipinski definition) is 6. The van der Waals surface area contributed by atoms with Gasteiger partial charge in [0.1, 0.15) is 5.82 Å². The molecule has 11 heteroatoms. The third kappa shape index (κ3) is 4.36. The van der Waals surface area contributed by atoms with E-state index in [1.807, 2.05) is 0 Å². The van der Waals surface area contributed by atoms with E-state index in [0.717, 1.165) is 12.1 Å². The van der Waals surface area contributed by atoms with Crippen molar-refractivity contribution in [1.29, 1.82) is 0 Å². The molecule has 0 amide bonds. The zero-order valence-corrected chi connectivity index (χ0v) is 17.6. The number of anilines is 2. The molecule has 2 aromatic carbocycles. The number of fused-ring (bicyclic) bond motifs is 1. The number of para-hydroxylation sites is 1. The minimum atomic E-state index is -3.17. The number of alkyl halides is 2. The highest BCUT2D eigenvalue weighted by Crippen LogP contribution is 2.30. The molecule has 4 rings (SSSR count). The minimum Gasteiger partial charge on any atom is -0.478 e. The number of carboxylic acids is 1. The van der Waals surface area contributed by atoms with Crippen molar-refractivity contribution in [2.75, 3.05) is 36.5 Å². The number of carbonyl (C=O) groups is 1. The second kappa shape index (κ2) is 9.10. The Morgan fingerprint density at radius 3 is 2.58 bits per heavy atom. The first-order chi connectivity index (χ1) is 15.8. The van der Waals surface area contributed by atoms with E-state index >= 15 is 0 Å². The summed E-state index contributed by atoms with van der Waals surface area (Å²) in [5.74, 6) is -2.17. The average molecular weight is 462 g/mol. The molecular weight excluding hydrogens is 441 g/mol. The van der Waals surface area contributed by atoms with E-state index < -0.39 is 29.9 Å². The highest BCUT2D eigenvalue weighted by Gasteiger charge is 2.26. The van der Waals surface area contributed by atoms with Crippen molar-refractivity contribution in [2.24, 2.45) is 0 Å². The number of hydrogen-bond donors (Lipinski definition) is 2. The summed E-state index contributed by atoms with van der Waals surface area (Å²) in [5.41, 5.74) is -0.475. The lowest BCUT2D eigenvalue weighted by Crippen LogP contribution is -2.41. The van der Waals surface area contributed by atoms with Gasteiger partial charge >= 0.3 is 12.5 Å². The van der Waals surface area contributed by atoms with E-state index in [1.54, 1.807) is 25.1 Å². The van der Waals surface area contributed by atoms with Crippen molar-refractivity contribution in [3.63, 3.8) is 0 Å². The lowest BCUT2D eigenvalue weighted by Gasteiger charge is -2.30. The number of morpholine rings is 1. The number of carboxylic acid groups (broad SMARTS) is 1. The Balaban J connectivity index is 1.87. The van der Waals surface area contributed by atoms with Crippen LogP contribution >= 0.6 is 0 Å². The van der Waals surface area contributed by atoms with E-state index in [0.29, 0.717) is 0 Å². The third-order valence-corrected chi connectivity index (χ3v) is 5.47. The van der Waals surface area contributed by atoms with Gasteiger partial charge in [-0.3, -0.25) is 4.79 Å². The highest BCUT2D eigenvalue weighted by atomic mass is 19.3. The summed E-state index contributed by atoms with van der Waals surface area (Å²) in [6.45, 7) is -0.421. The van der Waals surface area contributed by atoms with Crippen LogP contribution in [0, 0.1) is 5.82 Å². The molecule has 174 valence electrons. The highest BCUT2D eigenvalue weighted by molar-refractivity contribution is 5.94. The van der Waals surface area contributed by atoms with Gasteiger partial charge in [-0.05, 0) is 31.2 Å². The van der Waals surface area contributed by atoms with Crippen molar-refractivity contribution >= 4 is 28.5 Å². The Labute approximate surface area is 186 Å². The smallest absolute Gasteiger partial charge is 0.337 e. The predicted molar refractivity (Wildman–Crippen MR) is 116 cm³/mol. The van der Waals surface area contributed by atoms with Crippen LogP contribution in [0.15, 0.2) is 41.2 Å². The fourth-order valence-electron chi connectivity index (χ4n) is 3.88. The van der Waals surface area contributed by atoms with Gasteiger partial charge in [0.05, 0.1) is 35.7 Å². The van der Waals surface area contributed by atoms with Gasteiger partial charge in [-0.2, -0.15) is 8.78 Å². The van der Waals surface area contributed by atoms with Crippen LogP contribution in [-0.2, 0) is 4.74 Å². The summed E-state index contributed by atoms with van der Waals surface area (Å²) in [5, 5.41) is 12.1. The van der Waals surface area contributed by atoms with Gasteiger partial charge in [-0.1, -0.05) is 12.1 Å². The molecule has 1 aliphatic heterocycles. The Morgan fingerprint density at radius 1 is 1.21 bits per heavy atom. The zero-order valence-electron chi connectivity index (χ0n) is 17.6. The molecule has 8 nitrogen and oxygen atoms in total. The fourth-order valence-corrected chi connectivity index (χ4v) is 3.88. The summed E-state index contributed by atoms with van der Waals surface area (Å²) < 4.78 is 47.7. The van der Waals surface area contributed by atoms with E-state index in [1.165, 1.54) is 11.0 Å². The maximum Gasteiger partial charge on any atom is 0.337 e. The summed E-state index contributed by atoms with van der Waals surface area (Å²) in [7, 11) is 0. The monoisotopic (exact) mass is 462 g/mol. The first kappa shape index (κ1) is 22.6. The van der Waals surface area contributed by atoms with Gasteiger partial charge in [-0.25, -0.2) is 18.7 Å². The van der Waals surface area contributed by atoms with Gasteiger partial charge in [0.2, 0.25) is 5.95 Å². The van der Waals surface area contributed by atoms with Crippen LogP contribution in [-0.4, -0.2) is 46.9 Å². The lowest BCUT2D eigenvalue weighted by atomic mass is 10.0. The van der Waals surface area contributed by atoms with Crippen molar-refractivity contribution in [1.82, 2.24) is 9.55 Å². The number of nitrogens with one attached hydrogen (secondary N) is 1. The number of rotatable bonds is 6. The lowest BCUT2D eigenvalue weighted by molar-refractivity contribution is 0.0649. The van der Waals surface area contributed by atoms with Crippen LogP contribution in [0.1, 0.15) is 35.4 Å². The molecule has 33 heavy (non-hydrogen) atoms. The van der Waals surface area contributed by atoms with Gasteiger partial charge in [0, 0.05) is 24.3 Å². The summed E-state index contributed by atoms with van der Waals surface area (Å²) in [6.07, 6.45) is 0. The summed E-state index contributed by atoms with van der Waals surface area (Å²) in [4.78, 5) is 30.4. The zero-order chi connectivity index (χ0) is 23.7. The topological polar surface area (TPSA) is 96.7 Å². The normalized spacial score (nSPS) is 15.1. The predicted octanol–water partition coefficient (Wildman–Crippen LogP) is 3.64. The van der Waals surface area contributed by atoms with Crippen molar-refractivity contribution in [3.8, 4) is 0 Å². The van der Waals surface area contributed by atoms with E-state index in [9.17, 15) is 27.9 Å². The number of ether oxygens (including phenoxy) is 1. The van der Waals surface area contributed by atoms with E-state index in [2.05, 4.69) is 10.3 Å². The van der Waals surface area contributed by atoms with Gasteiger partial charge in [0.25, 0.3) is 5.56 Å². The molecule has 1 fully saturated rings. The number of aromatic nitrogens is 2. The molecule has 0 spiro atoms. The number of aromatic carboxylic acids is 1. The number of halogens is 3. The maximum atomic E-state index is 14.5. The molecule has 0 bridgehead atoms. The molecule has 2 N–H and O–H groups in total. The molecule has 0 unspecified atom stereocenters. The SMILES string of the molecule is C[C@@H](Nc1ccccc1C(=O)O)c1cc(F)cc2c(=O)n(C(F)F)c(N3CCOCC3)nc12. The summed E-state index contributed by atoms with van der Waals surface area (Å²) >= 11 is 0. The van der Waals surface area contributed by atoms with Crippen LogP contribution in [0.2, 0.25) is 0 Å². The van der Waals surface area contributed by atoms with Gasteiger partial charge in [0.15, 0.2) is 0 Å². The average Bonchev–Trinajstić information content (AvgIpc) is 2.79. The minimum absolute atomic E-state index is 0.00656. The van der Waals surface area contributed by atoms with Crippen molar-refractivity contribution < 1.29 is 27.8 Å². The standard InChI is InChI=1S/C22H21F3N4O4/c1-12(26-17-5-3-2-4-14(17)20(31)32)15-10-13(23)11-16-18(15)27-22(28-6-8-33-9-7-28)29(19(16)30)21(24)25/h2-5,10-12,21,26H,6-9H2,1H3,(H,31,32)/t12-/m1/s1. The molecule has 1 saturated heterocycles. The third-order valence-electron chi connectivity index (χ3n) is 5.47. The first-order valence-electron chi connectivity index (χ1n) is 10.2. The number of benzene rings is 2. The van der Waals surface area contributed by atoms with Crippen LogP contribution in [0.3, 0.4) is 0 Å². The molecule has 1 aliphatic rings. The summed E-state index contributed by atoms with van der Waals surface area (Å²) in [6, 6.07) is 7.52. The molecule has 0 aliphatic carbocycles. The molecular formula is C22H21F3N4O4. The molecule has 1 atom stereocenters. The van der Waals surface area contributed by atoms with Gasteiger partial charge < -0.3 is 20.1 Å². The van der Waals surface area contributed by atoms with E-state index in [4.69, 9.17) is 4.74 Å². The van der Waals surface area contributed by atoms with E-state index in [-0.39, 0.29) is 64.5 Å². The van der Waals surface area contributed by atoms with Crippen LogP contribution in [0.5, 0.6) is 0 Å². The maximum absolute atomic E-state index is 14.5. The Kier molecular flexibility index (Phi) is 6.23. The molecule has 1 aromatic heterocycles. The Morgan fingerprint density at radius 2 is 1.91 bits per heavy atom. The van der Waals surface area contributed by atoms with Crippen molar-refractivity contribution in [3.05, 3.63) is 63.7 Å². The Bertz CT molecular complexity index is 1260. The van der Waals surface area contributed by atoms with Crippen LogP contribution < -0.4 is 15.8 Å². The van der Waals surface area contributed by atoms with Crippen LogP contribution in [0.25, 0.3) is 10.9 Å². The molecule has 0 radical (unpaired) electrons.